The first-order valence-corrected chi connectivity index (χ1v) is 6.91. The first kappa shape index (κ1) is 13.8. The van der Waals surface area contributed by atoms with Crippen molar-refractivity contribution < 1.29 is 9.31 Å². The predicted octanol–water partition coefficient (Wildman–Crippen LogP) is 2.92. The van der Waals surface area contributed by atoms with Crippen molar-refractivity contribution in [3.8, 4) is 0 Å². The van der Waals surface area contributed by atoms with Crippen LogP contribution in [0.1, 0.15) is 35.6 Å². The molecule has 1 aromatic heterocycles. The van der Waals surface area contributed by atoms with Gasteiger partial charge in [0.15, 0.2) is 0 Å². The third-order valence-electron chi connectivity index (χ3n) is 3.93. The number of hydrogen-bond donors (Lipinski definition) is 1. The van der Waals surface area contributed by atoms with E-state index in [1.54, 1.807) is 6.07 Å². The van der Waals surface area contributed by atoms with Crippen LogP contribution in [0.3, 0.4) is 0 Å². The lowest BCUT2D eigenvalue weighted by Crippen LogP contribution is -2.15. The summed E-state index contributed by atoms with van der Waals surface area (Å²) in [6.07, 6.45) is 7.13. The van der Waals surface area contributed by atoms with E-state index < -0.39 is 16.4 Å². The SMILES string of the molecule is NC1CCCc2cn(Cc3ccc([N+](=O)[O-])c(F)c3)cc21. The number of nitrogens with two attached hydrogens (primary N) is 1. The number of aryl methyl sites for hydroxylation is 1. The number of halogens is 1. The van der Waals surface area contributed by atoms with E-state index in [1.165, 1.54) is 17.7 Å². The van der Waals surface area contributed by atoms with Crippen LogP contribution in [0.5, 0.6) is 0 Å². The maximum Gasteiger partial charge on any atom is 0.304 e. The van der Waals surface area contributed by atoms with Crippen LogP contribution >= 0.6 is 0 Å². The Hall–Kier alpha value is -2.21. The molecule has 1 aliphatic rings. The minimum atomic E-state index is -0.800. The highest BCUT2D eigenvalue weighted by atomic mass is 19.1. The summed E-state index contributed by atoms with van der Waals surface area (Å²) >= 11 is 0. The summed E-state index contributed by atoms with van der Waals surface area (Å²) in [6, 6.07) is 4.08. The Labute approximate surface area is 121 Å². The molecule has 3 rings (SSSR count). The molecule has 1 unspecified atom stereocenters. The zero-order chi connectivity index (χ0) is 15.0. The van der Waals surface area contributed by atoms with E-state index in [9.17, 15) is 14.5 Å². The number of nitro benzene ring substituents is 1. The van der Waals surface area contributed by atoms with E-state index >= 15 is 0 Å². The molecule has 0 spiro atoms. The smallest absolute Gasteiger partial charge is 0.304 e. The average Bonchev–Trinajstić information content (AvgIpc) is 2.82. The van der Waals surface area contributed by atoms with Crippen LogP contribution in [-0.2, 0) is 13.0 Å². The van der Waals surface area contributed by atoms with Gasteiger partial charge in [0.05, 0.1) is 4.92 Å². The lowest BCUT2D eigenvalue weighted by molar-refractivity contribution is -0.387. The Morgan fingerprint density at radius 1 is 1.43 bits per heavy atom. The minimum absolute atomic E-state index is 0.0728. The Kier molecular flexibility index (Phi) is 3.47. The monoisotopic (exact) mass is 289 g/mol. The molecule has 0 saturated heterocycles. The van der Waals surface area contributed by atoms with Crippen molar-refractivity contribution in [2.75, 3.05) is 0 Å². The Balaban J connectivity index is 1.84. The normalized spacial score (nSPS) is 17.5. The van der Waals surface area contributed by atoms with Gasteiger partial charge in [0.1, 0.15) is 0 Å². The Bertz CT molecular complexity index is 696. The maximum atomic E-state index is 13.6. The van der Waals surface area contributed by atoms with Gasteiger partial charge in [-0.15, -0.1) is 0 Å². The van der Waals surface area contributed by atoms with E-state index in [-0.39, 0.29) is 6.04 Å². The number of hydrogen-bond acceptors (Lipinski definition) is 3. The highest BCUT2D eigenvalue weighted by Gasteiger charge is 2.19. The Morgan fingerprint density at radius 2 is 2.24 bits per heavy atom. The van der Waals surface area contributed by atoms with E-state index in [2.05, 4.69) is 0 Å². The van der Waals surface area contributed by atoms with Crippen LogP contribution in [0.15, 0.2) is 30.6 Å². The molecule has 0 aliphatic heterocycles. The maximum absolute atomic E-state index is 13.6. The highest BCUT2D eigenvalue weighted by molar-refractivity contribution is 5.36. The van der Waals surface area contributed by atoms with Crippen molar-refractivity contribution in [1.29, 1.82) is 0 Å². The summed E-state index contributed by atoms with van der Waals surface area (Å²) in [6.45, 7) is 0.481. The summed E-state index contributed by atoms with van der Waals surface area (Å²) in [5, 5.41) is 10.6. The molecule has 1 aromatic carbocycles. The number of rotatable bonds is 3. The molecule has 0 saturated carbocycles. The van der Waals surface area contributed by atoms with E-state index in [0.29, 0.717) is 12.1 Å². The zero-order valence-corrected chi connectivity index (χ0v) is 11.5. The summed E-state index contributed by atoms with van der Waals surface area (Å²) < 4.78 is 15.6. The molecule has 6 heteroatoms. The van der Waals surface area contributed by atoms with Crippen LogP contribution in [0.25, 0.3) is 0 Å². The number of aromatic nitrogens is 1. The van der Waals surface area contributed by atoms with Gasteiger partial charge in [-0.1, -0.05) is 6.07 Å². The van der Waals surface area contributed by atoms with Crippen LogP contribution in [0, 0.1) is 15.9 Å². The lowest BCUT2D eigenvalue weighted by atomic mass is 9.92. The van der Waals surface area contributed by atoms with Crippen LogP contribution in [-0.4, -0.2) is 9.49 Å². The number of nitro groups is 1. The van der Waals surface area contributed by atoms with Crippen molar-refractivity contribution in [2.45, 2.75) is 31.8 Å². The fraction of sp³-hybridized carbons (Fsp3) is 0.333. The molecule has 1 aliphatic carbocycles. The third-order valence-corrected chi connectivity index (χ3v) is 3.93. The quantitative estimate of drug-likeness (QED) is 0.697. The topological polar surface area (TPSA) is 74.1 Å². The van der Waals surface area contributed by atoms with E-state index in [1.807, 2.05) is 17.0 Å². The number of fused-ring (bicyclic) bond motifs is 1. The molecule has 2 N–H and O–H groups in total. The van der Waals surface area contributed by atoms with Crippen molar-refractivity contribution >= 4 is 5.69 Å². The Morgan fingerprint density at radius 3 is 2.90 bits per heavy atom. The largest absolute Gasteiger partial charge is 0.349 e. The first-order chi connectivity index (χ1) is 10.0. The average molecular weight is 289 g/mol. The minimum Gasteiger partial charge on any atom is -0.349 e. The van der Waals surface area contributed by atoms with Gasteiger partial charge in [0, 0.05) is 31.0 Å². The molecule has 0 bridgehead atoms. The molecular weight excluding hydrogens is 273 g/mol. The van der Waals surface area contributed by atoms with E-state index in [4.69, 9.17) is 5.73 Å². The fourth-order valence-electron chi connectivity index (χ4n) is 2.88. The second kappa shape index (κ2) is 5.29. The number of benzene rings is 1. The van der Waals surface area contributed by atoms with Gasteiger partial charge < -0.3 is 10.3 Å². The molecule has 0 radical (unpaired) electrons. The lowest BCUT2D eigenvalue weighted by Gasteiger charge is -2.17. The van der Waals surface area contributed by atoms with Crippen LogP contribution in [0.4, 0.5) is 10.1 Å². The van der Waals surface area contributed by atoms with Gasteiger partial charge >= 0.3 is 5.69 Å². The van der Waals surface area contributed by atoms with Gasteiger partial charge in [0.25, 0.3) is 0 Å². The summed E-state index contributed by atoms with van der Waals surface area (Å²) in [5.41, 5.74) is 8.69. The van der Waals surface area contributed by atoms with Crippen molar-refractivity contribution in [3.05, 3.63) is 63.2 Å². The van der Waals surface area contributed by atoms with Crippen molar-refractivity contribution in [2.24, 2.45) is 5.73 Å². The molecule has 2 aromatic rings. The molecule has 0 fully saturated rings. The summed E-state index contributed by atoms with van der Waals surface area (Å²) in [4.78, 5) is 9.89. The molecule has 1 atom stereocenters. The van der Waals surface area contributed by atoms with Gasteiger partial charge in [-0.3, -0.25) is 10.1 Å². The first-order valence-electron chi connectivity index (χ1n) is 6.91. The molecule has 21 heavy (non-hydrogen) atoms. The van der Waals surface area contributed by atoms with Crippen molar-refractivity contribution in [3.63, 3.8) is 0 Å². The predicted molar refractivity (Wildman–Crippen MR) is 76.5 cm³/mol. The molecule has 110 valence electrons. The second-order valence-electron chi connectivity index (χ2n) is 5.45. The second-order valence-corrected chi connectivity index (χ2v) is 5.45. The molecule has 1 heterocycles. The van der Waals surface area contributed by atoms with Gasteiger partial charge in [-0.05, 0) is 42.0 Å². The van der Waals surface area contributed by atoms with Crippen LogP contribution in [0.2, 0.25) is 0 Å². The standard InChI is InChI=1S/C15H16FN3O2/c16-13-6-10(4-5-15(13)19(20)21)7-18-8-11-2-1-3-14(17)12(11)9-18/h4-6,8-9,14H,1-3,7,17H2. The molecule has 5 nitrogen and oxygen atoms in total. The van der Waals surface area contributed by atoms with Gasteiger partial charge in [-0.2, -0.15) is 4.39 Å². The third kappa shape index (κ3) is 2.67. The molecular formula is C15H16FN3O2. The van der Waals surface area contributed by atoms with Crippen LogP contribution < -0.4 is 5.73 Å². The molecule has 0 amide bonds. The summed E-state index contributed by atoms with van der Waals surface area (Å²) in [5.74, 6) is -0.800. The summed E-state index contributed by atoms with van der Waals surface area (Å²) in [7, 11) is 0. The van der Waals surface area contributed by atoms with Gasteiger partial charge in [0.2, 0.25) is 5.82 Å². The van der Waals surface area contributed by atoms with Gasteiger partial charge in [-0.25, -0.2) is 0 Å². The fourth-order valence-corrected chi connectivity index (χ4v) is 2.88. The number of nitrogens with zero attached hydrogens (tertiary/aromatic N) is 2. The highest BCUT2D eigenvalue weighted by Crippen LogP contribution is 2.29. The van der Waals surface area contributed by atoms with E-state index in [0.717, 1.165) is 24.8 Å². The zero-order valence-electron chi connectivity index (χ0n) is 11.5. The van der Waals surface area contributed by atoms with Crippen molar-refractivity contribution in [1.82, 2.24) is 4.57 Å².